The number of aliphatic carboxylic acids is 1. The Hall–Kier alpha value is -2.21. The van der Waals surface area contributed by atoms with Crippen LogP contribution in [0.1, 0.15) is 5.56 Å². The van der Waals surface area contributed by atoms with Crippen LogP contribution in [0.2, 0.25) is 0 Å². The fraction of sp³-hybridized carbons (Fsp3) is 0. The maximum absolute atomic E-state index is 10.8. The van der Waals surface area contributed by atoms with Crippen LogP contribution in [0.25, 0.3) is 6.08 Å². The predicted octanol–water partition coefficient (Wildman–Crippen LogP) is 0.974. The van der Waals surface area contributed by atoms with Crippen molar-refractivity contribution in [3.63, 3.8) is 0 Å². The van der Waals surface area contributed by atoms with E-state index >= 15 is 0 Å². The zero-order valence-electron chi connectivity index (χ0n) is 8.83. The standard InChI is InChI=1S/C11H11N3O2S/c12-11(17)14-13-9(10(15)16)7-6-8-4-2-1-3-5-8/h1-7H,(H,15,16)(H3,12,14,17)/b7-6+,13-9-. The SMILES string of the molecule is NC(=S)N/N=C(/C=C/c1ccccc1)C(=O)O. The van der Waals surface area contributed by atoms with Crippen LogP contribution in [-0.4, -0.2) is 21.9 Å². The molecule has 0 aliphatic heterocycles. The lowest BCUT2D eigenvalue weighted by Crippen LogP contribution is -2.26. The first kappa shape index (κ1) is 12.9. The summed E-state index contributed by atoms with van der Waals surface area (Å²) in [6.45, 7) is 0. The van der Waals surface area contributed by atoms with E-state index in [1.807, 2.05) is 30.3 Å². The summed E-state index contributed by atoms with van der Waals surface area (Å²) in [6.07, 6.45) is 3.00. The van der Waals surface area contributed by atoms with Crippen LogP contribution in [0.15, 0.2) is 41.5 Å². The molecule has 6 heteroatoms. The molecule has 88 valence electrons. The lowest BCUT2D eigenvalue weighted by molar-refractivity contribution is -0.129. The normalized spacial score (nSPS) is 11.4. The molecular formula is C11H11N3O2S. The van der Waals surface area contributed by atoms with E-state index in [0.717, 1.165) is 5.56 Å². The van der Waals surface area contributed by atoms with E-state index in [9.17, 15) is 4.79 Å². The minimum Gasteiger partial charge on any atom is -0.476 e. The molecule has 0 heterocycles. The third-order valence-electron chi connectivity index (χ3n) is 1.74. The average Bonchev–Trinajstić information content (AvgIpc) is 2.29. The molecule has 0 aromatic heterocycles. The van der Waals surface area contributed by atoms with Crippen molar-refractivity contribution in [3.05, 3.63) is 42.0 Å². The fourth-order valence-corrected chi connectivity index (χ4v) is 1.06. The van der Waals surface area contributed by atoms with Crippen molar-refractivity contribution >= 4 is 35.1 Å². The van der Waals surface area contributed by atoms with Gasteiger partial charge in [-0.1, -0.05) is 36.4 Å². The Bertz CT molecular complexity index is 469. The number of hydrazone groups is 1. The number of benzene rings is 1. The molecule has 0 amide bonds. The molecule has 0 bridgehead atoms. The van der Waals surface area contributed by atoms with Crippen molar-refractivity contribution in [1.29, 1.82) is 0 Å². The first-order chi connectivity index (χ1) is 8.09. The van der Waals surface area contributed by atoms with Gasteiger partial charge in [-0.25, -0.2) is 4.79 Å². The molecule has 1 aromatic carbocycles. The van der Waals surface area contributed by atoms with Crippen molar-refractivity contribution in [2.75, 3.05) is 0 Å². The zero-order valence-corrected chi connectivity index (χ0v) is 9.65. The number of nitrogens with zero attached hydrogens (tertiary/aromatic N) is 1. The second kappa shape index (κ2) is 6.39. The summed E-state index contributed by atoms with van der Waals surface area (Å²) in [4.78, 5) is 10.8. The zero-order chi connectivity index (χ0) is 12.7. The molecule has 0 aliphatic rings. The Morgan fingerprint density at radius 2 is 2.06 bits per heavy atom. The van der Waals surface area contributed by atoms with Crippen LogP contribution in [0, 0.1) is 0 Å². The molecule has 5 nitrogen and oxygen atoms in total. The van der Waals surface area contributed by atoms with Crippen LogP contribution in [0.4, 0.5) is 0 Å². The molecular weight excluding hydrogens is 238 g/mol. The fourth-order valence-electron chi connectivity index (χ4n) is 1.01. The van der Waals surface area contributed by atoms with Crippen molar-refractivity contribution in [2.24, 2.45) is 10.8 Å². The van der Waals surface area contributed by atoms with Gasteiger partial charge in [0.25, 0.3) is 0 Å². The first-order valence-electron chi connectivity index (χ1n) is 4.69. The molecule has 0 saturated heterocycles. The molecule has 0 aliphatic carbocycles. The second-order valence-electron chi connectivity index (χ2n) is 3.02. The summed E-state index contributed by atoms with van der Waals surface area (Å²) in [7, 11) is 0. The van der Waals surface area contributed by atoms with E-state index < -0.39 is 5.97 Å². The predicted molar refractivity (Wildman–Crippen MR) is 70.5 cm³/mol. The Kier molecular flexibility index (Phi) is 4.83. The van der Waals surface area contributed by atoms with E-state index in [1.54, 1.807) is 6.08 Å². The lowest BCUT2D eigenvalue weighted by atomic mass is 10.2. The minimum absolute atomic E-state index is 0.0862. The van der Waals surface area contributed by atoms with Crippen molar-refractivity contribution in [1.82, 2.24) is 5.43 Å². The van der Waals surface area contributed by atoms with Gasteiger partial charge in [0, 0.05) is 0 Å². The Balaban J connectivity index is 2.81. The molecule has 1 aromatic rings. The van der Waals surface area contributed by atoms with Gasteiger partial charge in [-0.3, -0.25) is 5.43 Å². The van der Waals surface area contributed by atoms with Gasteiger partial charge < -0.3 is 10.8 Å². The van der Waals surface area contributed by atoms with Gasteiger partial charge in [-0.05, 0) is 23.9 Å². The number of carboxylic acids is 1. The Morgan fingerprint density at radius 1 is 1.41 bits per heavy atom. The van der Waals surface area contributed by atoms with Gasteiger partial charge in [0.2, 0.25) is 0 Å². The lowest BCUT2D eigenvalue weighted by Gasteiger charge is -1.97. The number of thiocarbonyl (C=S) groups is 1. The van der Waals surface area contributed by atoms with Crippen molar-refractivity contribution in [2.45, 2.75) is 0 Å². The highest BCUT2D eigenvalue weighted by atomic mass is 32.1. The highest BCUT2D eigenvalue weighted by Gasteiger charge is 2.04. The molecule has 0 saturated carbocycles. The number of rotatable bonds is 4. The molecule has 0 atom stereocenters. The van der Waals surface area contributed by atoms with Gasteiger partial charge in [0.1, 0.15) is 0 Å². The van der Waals surface area contributed by atoms with Gasteiger partial charge >= 0.3 is 5.97 Å². The van der Waals surface area contributed by atoms with Gasteiger partial charge in [-0.2, -0.15) is 5.10 Å². The topological polar surface area (TPSA) is 87.7 Å². The minimum atomic E-state index is -1.17. The molecule has 0 unspecified atom stereocenters. The van der Waals surface area contributed by atoms with Gasteiger partial charge in [0.15, 0.2) is 10.8 Å². The highest BCUT2D eigenvalue weighted by Crippen LogP contribution is 2.01. The first-order valence-corrected chi connectivity index (χ1v) is 5.10. The molecule has 0 spiro atoms. The van der Waals surface area contributed by atoms with E-state index in [1.165, 1.54) is 6.08 Å². The number of carbonyl (C=O) groups is 1. The molecule has 17 heavy (non-hydrogen) atoms. The summed E-state index contributed by atoms with van der Waals surface area (Å²) >= 11 is 4.52. The summed E-state index contributed by atoms with van der Waals surface area (Å²) < 4.78 is 0. The number of carboxylic acid groups (broad SMARTS) is 1. The van der Waals surface area contributed by atoms with Crippen molar-refractivity contribution in [3.8, 4) is 0 Å². The second-order valence-corrected chi connectivity index (χ2v) is 3.46. The summed E-state index contributed by atoms with van der Waals surface area (Å²) in [5.41, 5.74) is 8.07. The summed E-state index contributed by atoms with van der Waals surface area (Å²) in [5.74, 6) is -1.17. The van der Waals surface area contributed by atoms with Crippen LogP contribution in [0.3, 0.4) is 0 Å². The van der Waals surface area contributed by atoms with Crippen LogP contribution >= 0.6 is 12.2 Å². The van der Waals surface area contributed by atoms with E-state index in [2.05, 4.69) is 22.7 Å². The Morgan fingerprint density at radius 3 is 2.59 bits per heavy atom. The number of nitrogens with one attached hydrogen (secondary N) is 1. The van der Waals surface area contributed by atoms with Crippen LogP contribution < -0.4 is 11.2 Å². The monoisotopic (exact) mass is 249 g/mol. The van der Waals surface area contributed by atoms with Crippen LogP contribution in [0.5, 0.6) is 0 Å². The van der Waals surface area contributed by atoms with E-state index in [0.29, 0.717) is 0 Å². The third-order valence-corrected chi connectivity index (χ3v) is 1.83. The highest BCUT2D eigenvalue weighted by molar-refractivity contribution is 7.80. The molecule has 1 rings (SSSR count). The Labute approximate surface area is 104 Å². The number of hydrogen-bond acceptors (Lipinski definition) is 3. The summed E-state index contributed by atoms with van der Waals surface area (Å²) in [6, 6.07) is 9.26. The maximum Gasteiger partial charge on any atom is 0.356 e. The maximum atomic E-state index is 10.8. The molecule has 4 N–H and O–H groups in total. The largest absolute Gasteiger partial charge is 0.476 e. The van der Waals surface area contributed by atoms with Crippen molar-refractivity contribution < 1.29 is 9.90 Å². The number of hydrogen-bond donors (Lipinski definition) is 3. The molecule has 0 fully saturated rings. The van der Waals surface area contributed by atoms with Gasteiger partial charge in [0.05, 0.1) is 0 Å². The smallest absolute Gasteiger partial charge is 0.356 e. The number of nitrogens with two attached hydrogens (primary N) is 1. The van der Waals surface area contributed by atoms with Gasteiger partial charge in [-0.15, -0.1) is 0 Å². The quantitative estimate of drug-likeness (QED) is 0.420. The molecule has 0 radical (unpaired) electrons. The van der Waals surface area contributed by atoms with E-state index in [4.69, 9.17) is 10.8 Å². The summed E-state index contributed by atoms with van der Waals surface area (Å²) in [5, 5.41) is 12.3. The van der Waals surface area contributed by atoms with E-state index in [-0.39, 0.29) is 10.8 Å². The third kappa shape index (κ3) is 4.89. The average molecular weight is 249 g/mol. The van der Waals surface area contributed by atoms with Crippen LogP contribution in [-0.2, 0) is 4.79 Å².